The van der Waals surface area contributed by atoms with E-state index in [4.69, 9.17) is 21.1 Å². The van der Waals surface area contributed by atoms with Crippen LogP contribution in [0.4, 0.5) is 5.69 Å². The van der Waals surface area contributed by atoms with E-state index in [1.165, 1.54) is 0 Å². The van der Waals surface area contributed by atoms with Gasteiger partial charge in [0, 0.05) is 10.7 Å². The fourth-order valence-corrected chi connectivity index (χ4v) is 4.11. The van der Waals surface area contributed by atoms with Crippen LogP contribution in [0.2, 0.25) is 5.02 Å². The van der Waals surface area contributed by atoms with Gasteiger partial charge in [0.05, 0.1) is 7.11 Å². The zero-order valence-electron chi connectivity index (χ0n) is 16.9. The molecule has 0 spiro atoms. The number of fused-ring (bicyclic) bond motifs is 1. The number of β-lactam (4-membered cyclic amide) rings is 1. The maximum absolute atomic E-state index is 13.2. The molecule has 0 aliphatic carbocycles. The fraction of sp³-hybridized carbons (Fsp3) is 0.115. The molecule has 1 aliphatic heterocycles. The molecule has 4 nitrogen and oxygen atoms in total. The van der Waals surface area contributed by atoms with Crippen LogP contribution in [0.5, 0.6) is 11.5 Å². The molecule has 0 N–H and O–H groups in total. The first-order chi connectivity index (χ1) is 15.1. The molecule has 5 heteroatoms. The van der Waals surface area contributed by atoms with Gasteiger partial charge in [0.25, 0.3) is 5.91 Å². The van der Waals surface area contributed by atoms with Crippen molar-refractivity contribution in [1.82, 2.24) is 0 Å². The minimum absolute atomic E-state index is 0.0849. The molecule has 0 bridgehead atoms. The minimum Gasteiger partial charge on any atom is -0.497 e. The number of nitrogens with zero attached hydrogens (tertiary/aromatic N) is 1. The quantitative estimate of drug-likeness (QED) is 0.363. The van der Waals surface area contributed by atoms with Crippen LogP contribution in [0.15, 0.2) is 91.0 Å². The molecule has 4 aromatic carbocycles. The van der Waals surface area contributed by atoms with Crippen molar-refractivity contribution in [2.24, 2.45) is 0 Å². The molecule has 0 saturated carbocycles. The molecule has 4 aromatic rings. The monoisotopic (exact) mass is 429 g/mol. The molecular formula is C26H20ClNO3. The number of ether oxygens (including phenoxy) is 2. The number of hydrogen-bond donors (Lipinski definition) is 0. The van der Waals surface area contributed by atoms with Crippen molar-refractivity contribution < 1.29 is 14.3 Å². The summed E-state index contributed by atoms with van der Waals surface area (Å²) in [6, 6.07) is 28.7. The van der Waals surface area contributed by atoms with Gasteiger partial charge in [0.2, 0.25) is 6.10 Å². The Kier molecular flexibility index (Phi) is 5.00. The van der Waals surface area contributed by atoms with Crippen molar-refractivity contribution in [2.45, 2.75) is 12.1 Å². The van der Waals surface area contributed by atoms with E-state index in [1.54, 1.807) is 12.0 Å². The Morgan fingerprint density at radius 2 is 1.48 bits per heavy atom. The lowest BCUT2D eigenvalue weighted by molar-refractivity contribution is -0.135. The normalized spacial score (nSPS) is 18.0. The molecule has 1 fully saturated rings. The first-order valence-electron chi connectivity index (χ1n) is 10.0. The molecule has 1 saturated heterocycles. The summed E-state index contributed by atoms with van der Waals surface area (Å²) in [5.41, 5.74) is 1.76. The van der Waals surface area contributed by atoms with E-state index in [-0.39, 0.29) is 11.9 Å². The van der Waals surface area contributed by atoms with Crippen molar-refractivity contribution in [2.75, 3.05) is 12.0 Å². The molecule has 1 aliphatic rings. The number of rotatable bonds is 5. The summed E-state index contributed by atoms with van der Waals surface area (Å²) >= 11 is 6.09. The Bertz CT molecular complexity index is 1240. The topological polar surface area (TPSA) is 38.8 Å². The Morgan fingerprint density at radius 1 is 0.806 bits per heavy atom. The largest absolute Gasteiger partial charge is 0.497 e. The number of amides is 1. The van der Waals surface area contributed by atoms with E-state index in [0.717, 1.165) is 27.8 Å². The van der Waals surface area contributed by atoms with Gasteiger partial charge in [-0.3, -0.25) is 9.69 Å². The van der Waals surface area contributed by atoms with E-state index in [9.17, 15) is 4.79 Å². The lowest BCUT2D eigenvalue weighted by Gasteiger charge is -2.46. The Morgan fingerprint density at radius 3 is 2.19 bits per heavy atom. The second-order valence-corrected chi connectivity index (χ2v) is 7.89. The predicted octanol–water partition coefficient (Wildman–Crippen LogP) is 6.04. The van der Waals surface area contributed by atoms with E-state index >= 15 is 0 Å². The van der Waals surface area contributed by atoms with Crippen LogP contribution >= 0.6 is 11.6 Å². The summed E-state index contributed by atoms with van der Waals surface area (Å²) in [5.74, 6) is 1.33. The first-order valence-corrected chi connectivity index (χ1v) is 10.4. The molecular weight excluding hydrogens is 410 g/mol. The molecule has 0 radical (unpaired) electrons. The molecule has 0 aromatic heterocycles. The van der Waals surface area contributed by atoms with Gasteiger partial charge >= 0.3 is 0 Å². The standard InChI is InChI=1S/C26H20ClNO3/c1-30-22-14-11-21(12-15-22)28-24(18-6-9-20(27)10-7-18)25(26(28)29)31-23-13-8-17-4-2-3-5-19(17)16-23/h2-16,24-25H,1H3. The molecule has 2 unspecified atom stereocenters. The van der Waals surface area contributed by atoms with Gasteiger partial charge in [-0.15, -0.1) is 0 Å². The van der Waals surface area contributed by atoms with Crippen LogP contribution < -0.4 is 14.4 Å². The maximum atomic E-state index is 13.2. The highest BCUT2D eigenvalue weighted by molar-refractivity contribution is 6.30. The van der Waals surface area contributed by atoms with Crippen LogP contribution in [0, 0.1) is 0 Å². The van der Waals surface area contributed by atoms with Crippen LogP contribution in [0.1, 0.15) is 11.6 Å². The lowest BCUT2D eigenvalue weighted by Crippen LogP contribution is -2.61. The summed E-state index contributed by atoms with van der Waals surface area (Å²) in [6.07, 6.45) is -0.621. The number of benzene rings is 4. The summed E-state index contributed by atoms with van der Waals surface area (Å²) in [5, 5.41) is 2.85. The molecule has 1 amide bonds. The molecule has 5 rings (SSSR count). The zero-order chi connectivity index (χ0) is 21.4. The van der Waals surface area contributed by atoms with E-state index in [2.05, 4.69) is 6.07 Å². The van der Waals surface area contributed by atoms with Crippen LogP contribution in [0.25, 0.3) is 10.8 Å². The van der Waals surface area contributed by atoms with Crippen molar-refractivity contribution in [3.63, 3.8) is 0 Å². The van der Waals surface area contributed by atoms with E-state index < -0.39 is 6.10 Å². The van der Waals surface area contributed by atoms with Gasteiger partial charge in [-0.05, 0) is 64.9 Å². The van der Waals surface area contributed by atoms with Gasteiger partial charge in [0.1, 0.15) is 17.5 Å². The molecule has 1 heterocycles. The van der Waals surface area contributed by atoms with Crippen LogP contribution in [0.3, 0.4) is 0 Å². The van der Waals surface area contributed by atoms with Crippen molar-refractivity contribution in [3.05, 3.63) is 102 Å². The van der Waals surface area contributed by atoms with Gasteiger partial charge in [-0.2, -0.15) is 0 Å². The minimum atomic E-state index is -0.621. The lowest BCUT2D eigenvalue weighted by atomic mass is 9.89. The third-order valence-electron chi connectivity index (χ3n) is 5.59. The van der Waals surface area contributed by atoms with Crippen molar-refractivity contribution >= 4 is 34.0 Å². The number of methoxy groups -OCH3 is 1. The number of anilines is 1. The number of halogens is 1. The van der Waals surface area contributed by atoms with Gasteiger partial charge in [-0.1, -0.05) is 54.1 Å². The summed E-state index contributed by atoms with van der Waals surface area (Å²) in [6.45, 7) is 0. The van der Waals surface area contributed by atoms with Gasteiger partial charge in [0.15, 0.2) is 0 Å². The highest BCUT2D eigenvalue weighted by atomic mass is 35.5. The average molecular weight is 430 g/mol. The van der Waals surface area contributed by atoms with Crippen molar-refractivity contribution in [1.29, 1.82) is 0 Å². The maximum Gasteiger partial charge on any atom is 0.271 e. The highest BCUT2D eigenvalue weighted by Crippen LogP contribution is 2.42. The number of carbonyl (C=O) groups is 1. The second kappa shape index (κ2) is 7.97. The SMILES string of the molecule is COc1ccc(N2C(=O)C(Oc3ccc4ccccc4c3)C2c2ccc(Cl)cc2)cc1. The zero-order valence-corrected chi connectivity index (χ0v) is 17.6. The Hall–Kier alpha value is -3.50. The van der Waals surface area contributed by atoms with Crippen molar-refractivity contribution in [3.8, 4) is 11.5 Å². The fourth-order valence-electron chi connectivity index (χ4n) is 3.98. The summed E-state index contributed by atoms with van der Waals surface area (Å²) in [4.78, 5) is 14.9. The highest BCUT2D eigenvalue weighted by Gasteiger charge is 2.51. The smallest absolute Gasteiger partial charge is 0.271 e. The molecule has 154 valence electrons. The number of carbonyl (C=O) groups excluding carboxylic acids is 1. The summed E-state index contributed by atoms with van der Waals surface area (Å²) in [7, 11) is 1.62. The predicted molar refractivity (Wildman–Crippen MR) is 123 cm³/mol. The van der Waals surface area contributed by atoms with E-state index in [0.29, 0.717) is 10.8 Å². The van der Waals surface area contributed by atoms with Crippen LogP contribution in [-0.4, -0.2) is 19.1 Å². The molecule has 2 atom stereocenters. The van der Waals surface area contributed by atoms with E-state index in [1.807, 2.05) is 84.9 Å². The van der Waals surface area contributed by atoms with Crippen LogP contribution in [-0.2, 0) is 4.79 Å². The first kappa shape index (κ1) is 19.5. The Labute approximate surface area is 185 Å². The third kappa shape index (κ3) is 3.60. The average Bonchev–Trinajstić information content (AvgIpc) is 2.81. The summed E-state index contributed by atoms with van der Waals surface area (Å²) < 4.78 is 11.5. The number of hydrogen-bond acceptors (Lipinski definition) is 3. The second-order valence-electron chi connectivity index (χ2n) is 7.45. The Balaban J connectivity index is 1.48. The third-order valence-corrected chi connectivity index (χ3v) is 5.84. The van der Waals surface area contributed by atoms with Gasteiger partial charge in [-0.25, -0.2) is 0 Å². The van der Waals surface area contributed by atoms with Gasteiger partial charge < -0.3 is 9.47 Å². The molecule has 31 heavy (non-hydrogen) atoms.